The average Bonchev–Trinajstić information content (AvgIpc) is 2.76. The third-order valence-electron chi connectivity index (χ3n) is 4.48. The highest BCUT2D eigenvalue weighted by Gasteiger charge is 2.11. The zero-order valence-electron chi connectivity index (χ0n) is 16.6. The molecule has 1 heterocycles. The van der Waals surface area contributed by atoms with Crippen molar-refractivity contribution in [2.45, 2.75) is 6.92 Å². The summed E-state index contributed by atoms with van der Waals surface area (Å²) in [5.41, 5.74) is 2.58. The van der Waals surface area contributed by atoms with E-state index in [0.717, 1.165) is 23.4 Å². The van der Waals surface area contributed by atoms with Crippen molar-refractivity contribution < 1.29 is 13.6 Å². The van der Waals surface area contributed by atoms with Gasteiger partial charge in [-0.15, -0.1) is 0 Å². The predicted molar refractivity (Wildman–Crippen MR) is 116 cm³/mol. The summed E-state index contributed by atoms with van der Waals surface area (Å²) in [6.07, 6.45) is 0. The second kappa shape index (κ2) is 8.71. The third kappa shape index (κ3) is 4.90. The lowest BCUT2D eigenvalue weighted by Gasteiger charge is -2.11. The second-order valence-electron chi connectivity index (χ2n) is 6.84. The van der Waals surface area contributed by atoms with Gasteiger partial charge in [0.1, 0.15) is 23.3 Å². The lowest BCUT2D eigenvalue weighted by Crippen LogP contribution is -2.13. The fraction of sp³-hybridized carbons (Fsp3) is 0.0417. The van der Waals surface area contributed by atoms with Crippen LogP contribution in [-0.2, 0) is 0 Å². The first-order valence-corrected chi connectivity index (χ1v) is 9.52. The van der Waals surface area contributed by atoms with E-state index in [-0.39, 0.29) is 5.69 Å². The molecular formula is C24H18F2N4O. The van der Waals surface area contributed by atoms with E-state index >= 15 is 0 Å². The molecule has 0 radical (unpaired) electrons. The maximum atomic E-state index is 13.8. The minimum absolute atomic E-state index is 0.0938. The molecule has 5 nitrogen and oxygen atoms in total. The van der Waals surface area contributed by atoms with E-state index in [1.165, 1.54) is 6.07 Å². The van der Waals surface area contributed by atoms with Crippen molar-refractivity contribution in [1.82, 2.24) is 9.97 Å². The number of halogens is 2. The highest BCUT2D eigenvalue weighted by molar-refractivity contribution is 6.04. The predicted octanol–water partition coefficient (Wildman–Crippen LogP) is 5.73. The summed E-state index contributed by atoms with van der Waals surface area (Å²) in [5, 5.41) is 5.63. The van der Waals surface area contributed by atoms with E-state index in [4.69, 9.17) is 0 Å². The lowest BCUT2D eigenvalue weighted by molar-refractivity contribution is 0.102. The van der Waals surface area contributed by atoms with E-state index in [1.807, 2.05) is 36.4 Å². The molecule has 0 unspecified atom stereocenters. The monoisotopic (exact) mass is 416 g/mol. The molecule has 0 aliphatic rings. The highest BCUT2D eigenvalue weighted by atomic mass is 19.1. The van der Waals surface area contributed by atoms with Gasteiger partial charge in [-0.1, -0.05) is 36.4 Å². The van der Waals surface area contributed by atoms with Gasteiger partial charge < -0.3 is 10.6 Å². The Morgan fingerprint density at radius 2 is 1.68 bits per heavy atom. The first kappa shape index (κ1) is 20.2. The number of amides is 1. The molecule has 0 bridgehead atoms. The Morgan fingerprint density at radius 1 is 0.871 bits per heavy atom. The van der Waals surface area contributed by atoms with Crippen LogP contribution in [0.3, 0.4) is 0 Å². The van der Waals surface area contributed by atoms with Crippen LogP contribution in [0.5, 0.6) is 0 Å². The van der Waals surface area contributed by atoms with Crippen LogP contribution >= 0.6 is 0 Å². The van der Waals surface area contributed by atoms with Crippen molar-refractivity contribution in [2.75, 3.05) is 10.6 Å². The number of hydrogen-bond donors (Lipinski definition) is 2. The summed E-state index contributed by atoms with van der Waals surface area (Å²) < 4.78 is 26.9. The van der Waals surface area contributed by atoms with Crippen LogP contribution in [0.2, 0.25) is 0 Å². The number of aromatic nitrogens is 2. The second-order valence-corrected chi connectivity index (χ2v) is 6.84. The van der Waals surface area contributed by atoms with Crippen LogP contribution < -0.4 is 10.6 Å². The van der Waals surface area contributed by atoms with Crippen LogP contribution in [0.4, 0.5) is 26.0 Å². The Labute approximate surface area is 177 Å². The molecule has 2 N–H and O–H groups in total. The van der Waals surface area contributed by atoms with Crippen LogP contribution in [0, 0.1) is 18.6 Å². The molecule has 0 fully saturated rings. The van der Waals surface area contributed by atoms with Gasteiger partial charge in [0.2, 0.25) is 0 Å². The summed E-state index contributed by atoms with van der Waals surface area (Å²) in [7, 11) is 0. The summed E-state index contributed by atoms with van der Waals surface area (Å²) in [6.45, 7) is 1.80. The van der Waals surface area contributed by atoms with Gasteiger partial charge in [-0.2, -0.15) is 0 Å². The number of benzene rings is 3. The Kier molecular flexibility index (Phi) is 5.66. The summed E-state index contributed by atoms with van der Waals surface area (Å²) in [5.74, 6) is -0.889. The molecule has 1 aromatic heterocycles. The Bertz CT molecular complexity index is 1250. The summed E-state index contributed by atoms with van der Waals surface area (Å²) in [6, 6.07) is 21.2. The van der Waals surface area contributed by atoms with Crippen molar-refractivity contribution in [3.8, 4) is 11.3 Å². The number of nitrogens with one attached hydrogen (secondary N) is 2. The molecule has 4 rings (SSSR count). The molecule has 31 heavy (non-hydrogen) atoms. The van der Waals surface area contributed by atoms with Crippen LogP contribution in [0.25, 0.3) is 11.3 Å². The van der Waals surface area contributed by atoms with Gasteiger partial charge in [-0.3, -0.25) is 4.79 Å². The normalized spacial score (nSPS) is 10.5. The van der Waals surface area contributed by atoms with E-state index < -0.39 is 17.5 Å². The number of hydrogen-bond acceptors (Lipinski definition) is 4. The zero-order chi connectivity index (χ0) is 21.8. The third-order valence-corrected chi connectivity index (χ3v) is 4.48. The van der Waals surface area contributed by atoms with E-state index in [0.29, 0.717) is 22.9 Å². The van der Waals surface area contributed by atoms with Crippen LogP contribution in [-0.4, -0.2) is 15.9 Å². The number of aryl methyl sites for hydroxylation is 1. The molecule has 0 spiro atoms. The smallest absolute Gasteiger partial charge is 0.255 e. The maximum absolute atomic E-state index is 13.8. The topological polar surface area (TPSA) is 66.9 Å². The largest absolute Gasteiger partial charge is 0.340 e. The van der Waals surface area contributed by atoms with Crippen LogP contribution in [0.15, 0.2) is 78.9 Å². The van der Waals surface area contributed by atoms with Crippen molar-refractivity contribution in [3.05, 3.63) is 102 Å². The van der Waals surface area contributed by atoms with Crippen molar-refractivity contribution in [2.24, 2.45) is 0 Å². The quantitative estimate of drug-likeness (QED) is 0.436. The molecule has 0 saturated heterocycles. The lowest BCUT2D eigenvalue weighted by atomic mass is 10.1. The first-order valence-electron chi connectivity index (χ1n) is 9.52. The number of carbonyl (C=O) groups is 1. The van der Waals surface area contributed by atoms with Gasteiger partial charge in [-0.25, -0.2) is 18.7 Å². The minimum Gasteiger partial charge on any atom is -0.340 e. The molecular weight excluding hydrogens is 398 g/mol. The SMILES string of the molecule is Cc1nc(Nc2cccc(C(=O)Nc3ccc(F)cc3F)c2)cc(-c2ccccc2)n1. The van der Waals surface area contributed by atoms with E-state index in [9.17, 15) is 13.6 Å². The van der Waals surface area contributed by atoms with Crippen molar-refractivity contribution in [3.63, 3.8) is 0 Å². The first-order chi connectivity index (χ1) is 15.0. The van der Waals surface area contributed by atoms with E-state index in [2.05, 4.69) is 20.6 Å². The number of nitrogens with zero attached hydrogens (tertiary/aromatic N) is 2. The van der Waals surface area contributed by atoms with Crippen LogP contribution in [0.1, 0.15) is 16.2 Å². The molecule has 1 amide bonds. The molecule has 4 aromatic rings. The van der Waals surface area contributed by atoms with Gasteiger partial charge in [0.05, 0.1) is 11.4 Å². The highest BCUT2D eigenvalue weighted by Crippen LogP contribution is 2.23. The number of rotatable bonds is 5. The number of carbonyl (C=O) groups excluding carboxylic acids is 1. The molecule has 0 saturated carbocycles. The average molecular weight is 416 g/mol. The van der Waals surface area contributed by atoms with Crippen molar-refractivity contribution >= 4 is 23.1 Å². The molecule has 3 aromatic carbocycles. The maximum Gasteiger partial charge on any atom is 0.255 e. The Balaban J connectivity index is 1.55. The molecule has 0 aliphatic heterocycles. The summed E-state index contributed by atoms with van der Waals surface area (Å²) in [4.78, 5) is 21.4. The molecule has 0 aliphatic carbocycles. The summed E-state index contributed by atoms with van der Waals surface area (Å²) >= 11 is 0. The Morgan fingerprint density at radius 3 is 2.45 bits per heavy atom. The van der Waals surface area contributed by atoms with Gasteiger partial charge >= 0.3 is 0 Å². The molecule has 154 valence electrons. The molecule has 0 atom stereocenters. The zero-order valence-corrected chi connectivity index (χ0v) is 16.6. The molecule has 7 heteroatoms. The van der Waals surface area contributed by atoms with Gasteiger partial charge in [-0.05, 0) is 37.3 Å². The van der Waals surface area contributed by atoms with Gasteiger partial charge in [0.25, 0.3) is 5.91 Å². The minimum atomic E-state index is -0.840. The van der Waals surface area contributed by atoms with Crippen molar-refractivity contribution in [1.29, 1.82) is 0 Å². The van der Waals surface area contributed by atoms with Gasteiger partial charge in [0, 0.05) is 28.9 Å². The Hall–Kier alpha value is -4.13. The fourth-order valence-corrected chi connectivity index (χ4v) is 3.06. The standard InChI is InChI=1S/C24H18F2N4O/c1-15-27-22(16-6-3-2-4-7-16)14-23(28-15)29-19-9-5-8-17(12-19)24(31)30-21-11-10-18(25)13-20(21)26/h2-14H,1H3,(H,30,31)(H,27,28,29). The van der Waals surface area contributed by atoms with Gasteiger partial charge in [0.15, 0.2) is 0 Å². The number of anilines is 3. The van der Waals surface area contributed by atoms with E-state index in [1.54, 1.807) is 31.2 Å². The fourth-order valence-electron chi connectivity index (χ4n) is 3.06.